The van der Waals surface area contributed by atoms with E-state index in [-0.39, 0.29) is 26.4 Å². The van der Waals surface area contributed by atoms with Crippen LogP contribution in [0.15, 0.2) is 0 Å². The van der Waals surface area contributed by atoms with E-state index in [1.165, 1.54) is 0 Å². The Balaban J connectivity index is 3.96. The first-order valence-electron chi connectivity index (χ1n) is 5.19. The van der Waals surface area contributed by atoms with Gasteiger partial charge in [-0.1, -0.05) is 13.8 Å². The van der Waals surface area contributed by atoms with Gasteiger partial charge in [0.2, 0.25) is 0 Å². The highest BCUT2D eigenvalue weighted by molar-refractivity contribution is 4.78. The number of rotatable bonds is 8. The SMILES string of the molecule is CCC(O)(CO)COCC(O)(CC)CO. The first-order valence-corrected chi connectivity index (χ1v) is 5.19. The van der Waals surface area contributed by atoms with Crippen LogP contribution in [0.1, 0.15) is 26.7 Å². The number of hydrogen-bond donors (Lipinski definition) is 4. The Labute approximate surface area is 90.3 Å². The highest BCUT2D eigenvalue weighted by Crippen LogP contribution is 2.13. The summed E-state index contributed by atoms with van der Waals surface area (Å²) in [5.41, 5.74) is -2.52. The molecule has 2 atom stereocenters. The zero-order chi connectivity index (χ0) is 11.9. The van der Waals surface area contributed by atoms with E-state index in [2.05, 4.69) is 0 Å². The van der Waals surface area contributed by atoms with Gasteiger partial charge in [0, 0.05) is 0 Å². The van der Waals surface area contributed by atoms with E-state index < -0.39 is 11.2 Å². The lowest BCUT2D eigenvalue weighted by atomic mass is 10.0. The Morgan fingerprint density at radius 3 is 1.40 bits per heavy atom. The van der Waals surface area contributed by atoms with Gasteiger partial charge in [0.15, 0.2) is 0 Å². The molecular weight excluding hydrogens is 200 g/mol. The van der Waals surface area contributed by atoms with Crippen LogP contribution in [0.25, 0.3) is 0 Å². The van der Waals surface area contributed by atoms with Gasteiger partial charge < -0.3 is 25.2 Å². The van der Waals surface area contributed by atoms with Crippen molar-refractivity contribution < 1.29 is 25.2 Å². The summed E-state index contributed by atoms with van der Waals surface area (Å²) in [4.78, 5) is 0. The van der Waals surface area contributed by atoms with Crippen molar-refractivity contribution in [2.75, 3.05) is 26.4 Å². The fourth-order valence-corrected chi connectivity index (χ4v) is 0.950. The Bertz CT molecular complexity index is 145. The van der Waals surface area contributed by atoms with Crippen LogP contribution >= 0.6 is 0 Å². The molecule has 15 heavy (non-hydrogen) atoms. The molecular formula is C10H22O5. The van der Waals surface area contributed by atoms with Crippen molar-refractivity contribution in [3.05, 3.63) is 0 Å². The van der Waals surface area contributed by atoms with Gasteiger partial charge in [0.25, 0.3) is 0 Å². The van der Waals surface area contributed by atoms with Crippen LogP contribution in [0.3, 0.4) is 0 Å². The lowest BCUT2D eigenvalue weighted by Crippen LogP contribution is -2.43. The molecule has 0 aromatic heterocycles. The minimum atomic E-state index is -1.26. The van der Waals surface area contributed by atoms with Gasteiger partial charge in [-0.15, -0.1) is 0 Å². The van der Waals surface area contributed by atoms with Crippen molar-refractivity contribution in [2.24, 2.45) is 0 Å². The number of ether oxygens (including phenoxy) is 1. The topological polar surface area (TPSA) is 90.2 Å². The molecule has 0 aromatic rings. The smallest absolute Gasteiger partial charge is 0.111 e. The van der Waals surface area contributed by atoms with Gasteiger partial charge in [0.05, 0.1) is 26.4 Å². The molecule has 4 N–H and O–H groups in total. The van der Waals surface area contributed by atoms with Crippen molar-refractivity contribution in [1.82, 2.24) is 0 Å². The highest BCUT2D eigenvalue weighted by atomic mass is 16.5. The van der Waals surface area contributed by atoms with E-state index in [1.807, 2.05) is 0 Å². The van der Waals surface area contributed by atoms with E-state index in [9.17, 15) is 10.2 Å². The van der Waals surface area contributed by atoms with Crippen molar-refractivity contribution in [3.8, 4) is 0 Å². The van der Waals surface area contributed by atoms with Crippen LogP contribution < -0.4 is 0 Å². The second kappa shape index (κ2) is 6.40. The predicted octanol–water partition coefficient (Wildman–Crippen LogP) is -0.730. The van der Waals surface area contributed by atoms with Gasteiger partial charge in [-0.2, -0.15) is 0 Å². The lowest BCUT2D eigenvalue weighted by molar-refractivity contribution is -0.126. The second-order valence-electron chi connectivity index (χ2n) is 3.96. The summed E-state index contributed by atoms with van der Waals surface area (Å²) >= 11 is 0. The number of aliphatic hydroxyl groups is 4. The molecule has 0 saturated carbocycles. The van der Waals surface area contributed by atoms with Gasteiger partial charge >= 0.3 is 0 Å². The third-order valence-corrected chi connectivity index (χ3v) is 2.65. The minimum absolute atomic E-state index is 0.0533. The highest BCUT2D eigenvalue weighted by Gasteiger charge is 2.28. The molecule has 0 rings (SSSR count). The summed E-state index contributed by atoms with van der Waals surface area (Å²) in [6, 6.07) is 0. The van der Waals surface area contributed by atoms with Crippen molar-refractivity contribution >= 4 is 0 Å². The summed E-state index contributed by atoms with van der Waals surface area (Å²) in [5, 5.41) is 37.1. The molecule has 0 radical (unpaired) electrons. The number of aliphatic hydroxyl groups excluding tert-OH is 2. The molecule has 0 aliphatic heterocycles. The molecule has 0 saturated heterocycles. The number of hydrogen-bond acceptors (Lipinski definition) is 5. The summed E-state index contributed by atoms with van der Waals surface area (Å²) in [6.45, 7) is 2.60. The molecule has 0 aliphatic rings. The maximum Gasteiger partial charge on any atom is 0.111 e. The fraction of sp³-hybridized carbons (Fsp3) is 1.00. The molecule has 0 aliphatic carbocycles. The molecule has 0 amide bonds. The standard InChI is InChI=1S/C10H22O5/c1-3-9(13,5-11)7-15-8-10(14,4-2)6-12/h11-14H,3-8H2,1-2H3. The second-order valence-corrected chi connectivity index (χ2v) is 3.96. The Hall–Kier alpha value is -0.200. The molecule has 0 aromatic carbocycles. The molecule has 0 fully saturated rings. The average molecular weight is 222 g/mol. The maximum atomic E-state index is 9.65. The van der Waals surface area contributed by atoms with Crippen LogP contribution in [0.5, 0.6) is 0 Å². The van der Waals surface area contributed by atoms with E-state index in [1.54, 1.807) is 13.8 Å². The average Bonchev–Trinajstić information content (AvgIpc) is 2.28. The normalized spacial score (nSPS) is 19.6. The predicted molar refractivity (Wildman–Crippen MR) is 55.5 cm³/mol. The molecule has 5 nitrogen and oxygen atoms in total. The van der Waals surface area contributed by atoms with Gasteiger partial charge in [0.1, 0.15) is 11.2 Å². The Morgan fingerprint density at radius 1 is 0.867 bits per heavy atom. The largest absolute Gasteiger partial charge is 0.393 e. The summed E-state index contributed by atoms with van der Waals surface area (Å²) in [5.74, 6) is 0. The van der Waals surface area contributed by atoms with Gasteiger partial charge in [-0.05, 0) is 12.8 Å². The van der Waals surface area contributed by atoms with E-state index in [0.29, 0.717) is 12.8 Å². The van der Waals surface area contributed by atoms with Crippen molar-refractivity contribution in [2.45, 2.75) is 37.9 Å². The van der Waals surface area contributed by atoms with Gasteiger partial charge in [-0.3, -0.25) is 0 Å². The summed E-state index contributed by atoms with van der Waals surface area (Å²) in [6.07, 6.45) is 0.736. The van der Waals surface area contributed by atoms with E-state index >= 15 is 0 Å². The zero-order valence-corrected chi connectivity index (χ0v) is 9.44. The van der Waals surface area contributed by atoms with Crippen LogP contribution in [0.4, 0.5) is 0 Å². The first-order chi connectivity index (χ1) is 6.95. The monoisotopic (exact) mass is 222 g/mol. The Morgan fingerprint density at radius 2 is 1.20 bits per heavy atom. The summed E-state index contributed by atoms with van der Waals surface area (Å²) in [7, 11) is 0. The minimum Gasteiger partial charge on any atom is -0.393 e. The molecule has 2 unspecified atom stereocenters. The van der Waals surface area contributed by atoms with Crippen molar-refractivity contribution in [3.63, 3.8) is 0 Å². The maximum absolute atomic E-state index is 9.65. The lowest BCUT2D eigenvalue weighted by Gasteiger charge is -2.28. The van der Waals surface area contributed by atoms with E-state index in [0.717, 1.165) is 0 Å². The zero-order valence-electron chi connectivity index (χ0n) is 9.44. The van der Waals surface area contributed by atoms with Gasteiger partial charge in [-0.25, -0.2) is 0 Å². The van der Waals surface area contributed by atoms with Crippen LogP contribution in [0, 0.1) is 0 Å². The van der Waals surface area contributed by atoms with Crippen LogP contribution in [0.2, 0.25) is 0 Å². The van der Waals surface area contributed by atoms with Crippen molar-refractivity contribution in [1.29, 1.82) is 0 Å². The van der Waals surface area contributed by atoms with Crippen LogP contribution in [-0.4, -0.2) is 58.1 Å². The van der Waals surface area contributed by atoms with Crippen LogP contribution in [-0.2, 0) is 4.74 Å². The molecule has 0 heterocycles. The molecule has 0 spiro atoms. The summed E-state index contributed by atoms with van der Waals surface area (Å²) < 4.78 is 5.11. The Kier molecular flexibility index (Phi) is 6.31. The fourth-order valence-electron chi connectivity index (χ4n) is 0.950. The molecule has 0 bridgehead atoms. The quantitative estimate of drug-likeness (QED) is 0.435. The first kappa shape index (κ1) is 14.8. The van der Waals surface area contributed by atoms with E-state index in [4.69, 9.17) is 14.9 Å². The third kappa shape index (κ3) is 4.90. The molecule has 92 valence electrons. The third-order valence-electron chi connectivity index (χ3n) is 2.65. The molecule has 5 heteroatoms.